The Bertz CT molecular complexity index is 1400. The van der Waals surface area contributed by atoms with Gasteiger partial charge in [0.15, 0.2) is 5.76 Å². The Labute approximate surface area is 202 Å². The highest BCUT2D eigenvalue weighted by atomic mass is 16.4. The Morgan fingerprint density at radius 1 is 1.11 bits per heavy atom. The number of aromatic nitrogens is 3. The molecule has 10 heteroatoms. The molecule has 2 N–H and O–H groups in total. The van der Waals surface area contributed by atoms with Crippen LogP contribution in [0.2, 0.25) is 0 Å². The molecular formula is C25H29N7O3. The molecule has 4 heterocycles. The summed E-state index contributed by atoms with van der Waals surface area (Å²) >= 11 is 0. The number of imidazole rings is 1. The van der Waals surface area contributed by atoms with E-state index in [1.807, 2.05) is 49.3 Å². The first-order valence-electron chi connectivity index (χ1n) is 11.7. The Kier molecular flexibility index (Phi) is 6.39. The molecule has 0 bridgehead atoms. The standard InChI is InChI=1S/C25H29N7O3/c1-29(2)15-16-31-20-5-3-4-6-21(20)32(25(31)34)23-8-7-22(35-23)24(33)28-18-17-27-10-9-19(18)30-13-11-26-12-14-30/h3-10,17,26H,11-16H2,1-2H3,(H,28,33). The van der Waals surface area contributed by atoms with Crippen LogP contribution in [0.1, 0.15) is 10.6 Å². The van der Waals surface area contributed by atoms with Crippen molar-refractivity contribution in [3.8, 4) is 5.88 Å². The molecule has 10 nitrogen and oxygen atoms in total. The van der Waals surface area contributed by atoms with E-state index in [9.17, 15) is 9.59 Å². The van der Waals surface area contributed by atoms with E-state index in [1.165, 1.54) is 4.57 Å². The van der Waals surface area contributed by atoms with Gasteiger partial charge in [-0.25, -0.2) is 9.36 Å². The molecule has 0 aliphatic carbocycles. The maximum Gasteiger partial charge on any atom is 0.336 e. The lowest BCUT2D eigenvalue weighted by atomic mass is 10.2. The number of likely N-dealkylation sites (N-methyl/N-ethyl adjacent to an activating group) is 1. The summed E-state index contributed by atoms with van der Waals surface area (Å²) in [6.45, 7) is 4.73. The molecular weight excluding hydrogens is 446 g/mol. The molecule has 1 amide bonds. The summed E-state index contributed by atoms with van der Waals surface area (Å²) in [5, 5.41) is 6.25. The minimum Gasteiger partial charge on any atom is -0.435 e. The molecule has 1 aliphatic heterocycles. The minimum atomic E-state index is -0.398. The third-order valence-corrected chi connectivity index (χ3v) is 6.15. The van der Waals surface area contributed by atoms with Crippen LogP contribution in [0, 0.1) is 0 Å². The van der Waals surface area contributed by atoms with Gasteiger partial charge in [0.05, 0.1) is 28.6 Å². The second-order valence-corrected chi connectivity index (χ2v) is 8.78. The van der Waals surface area contributed by atoms with Crippen LogP contribution >= 0.6 is 0 Å². The summed E-state index contributed by atoms with van der Waals surface area (Å²) in [5.74, 6) is 0.0191. The Balaban J connectivity index is 1.43. The lowest BCUT2D eigenvalue weighted by Crippen LogP contribution is -2.43. The first-order chi connectivity index (χ1) is 17.0. The molecule has 1 saturated heterocycles. The van der Waals surface area contributed by atoms with Crippen molar-refractivity contribution in [1.82, 2.24) is 24.3 Å². The number of benzene rings is 1. The number of anilines is 2. The van der Waals surface area contributed by atoms with Gasteiger partial charge < -0.3 is 24.9 Å². The fourth-order valence-electron chi connectivity index (χ4n) is 4.36. The smallest absolute Gasteiger partial charge is 0.336 e. The van der Waals surface area contributed by atoms with Gasteiger partial charge in [-0.05, 0) is 38.4 Å². The van der Waals surface area contributed by atoms with Crippen molar-refractivity contribution >= 4 is 28.3 Å². The zero-order valence-electron chi connectivity index (χ0n) is 19.9. The maximum atomic E-state index is 13.3. The van der Waals surface area contributed by atoms with Crippen molar-refractivity contribution in [3.05, 3.63) is 71.1 Å². The molecule has 4 aromatic rings. The summed E-state index contributed by atoms with van der Waals surface area (Å²) < 4.78 is 9.14. The molecule has 0 radical (unpaired) electrons. The van der Waals surface area contributed by atoms with Gasteiger partial charge in [0.1, 0.15) is 0 Å². The second kappa shape index (κ2) is 9.77. The third kappa shape index (κ3) is 4.58. The van der Waals surface area contributed by atoms with Gasteiger partial charge in [-0.1, -0.05) is 12.1 Å². The number of piperazine rings is 1. The van der Waals surface area contributed by atoms with Crippen LogP contribution in [-0.4, -0.2) is 71.7 Å². The van der Waals surface area contributed by atoms with Crippen LogP contribution in [0.25, 0.3) is 16.9 Å². The molecule has 35 heavy (non-hydrogen) atoms. The van der Waals surface area contributed by atoms with Gasteiger partial charge >= 0.3 is 5.69 Å². The van der Waals surface area contributed by atoms with Gasteiger partial charge in [-0.15, -0.1) is 0 Å². The second-order valence-electron chi connectivity index (χ2n) is 8.78. The number of amides is 1. The summed E-state index contributed by atoms with van der Waals surface area (Å²) in [6, 6.07) is 12.7. The normalized spacial score (nSPS) is 14.1. The lowest BCUT2D eigenvalue weighted by Gasteiger charge is -2.30. The van der Waals surface area contributed by atoms with Gasteiger partial charge in [0, 0.05) is 51.5 Å². The molecule has 1 aromatic carbocycles. The quantitative estimate of drug-likeness (QED) is 0.422. The molecule has 3 aromatic heterocycles. The zero-order valence-corrected chi connectivity index (χ0v) is 19.9. The summed E-state index contributed by atoms with van der Waals surface area (Å²) in [7, 11) is 3.94. The van der Waals surface area contributed by atoms with E-state index in [4.69, 9.17) is 4.42 Å². The van der Waals surface area contributed by atoms with Crippen LogP contribution < -0.4 is 21.2 Å². The summed E-state index contributed by atoms with van der Waals surface area (Å²) in [4.78, 5) is 34.8. The van der Waals surface area contributed by atoms with E-state index >= 15 is 0 Å². The molecule has 182 valence electrons. The third-order valence-electron chi connectivity index (χ3n) is 6.15. The molecule has 0 atom stereocenters. The Morgan fingerprint density at radius 3 is 2.66 bits per heavy atom. The number of furan rings is 1. The fourth-order valence-corrected chi connectivity index (χ4v) is 4.36. The molecule has 1 aliphatic rings. The van der Waals surface area contributed by atoms with E-state index < -0.39 is 5.91 Å². The van der Waals surface area contributed by atoms with Gasteiger partial charge in [0.2, 0.25) is 5.88 Å². The number of nitrogens with zero attached hydrogens (tertiary/aromatic N) is 5. The first kappa shape index (κ1) is 22.9. The molecule has 5 rings (SSSR count). The summed E-state index contributed by atoms with van der Waals surface area (Å²) in [6.07, 6.45) is 3.36. The van der Waals surface area contributed by atoms with E-state index in [1.54, 1.807) is 29.1 Å². The van der Waals surface area contributed by atoms with Crippen molar-refractivity contribution in [2.24, 2.45) is 0 Å². The van der Waals surface area contributed by atoms with Crippen LogP contribution in [0.15, 0.2) is 64.1 Å². The number of nitrogens with one attached hydrogen (secondary N) is 2. The number of carbonyl (C=O) groups excluding carboxylic acids is 1. The number of rotatable bonds is 7. The van der Waals surface area contributed by atoms with E-state index in [0.29, 0.717) is 18.1 Å². The van der Waals surface area contributed by atoms with E-state index in [0.717, 1.165) is 49.4 Å². The number of carbonyl (C=O) groups is 1. The van der Waals surface area contributed by atoms with E-state index in [2.05, 4.69) is 20.5 Å². The number of hydrogen-bond donors (Lipinski definition) is 2. The predicted octanol–water partition coefficient (Wildman–Crippen LogP) is 2.00. The van der Waals surface area contributed by atoms with Gasteiger partial charge in [-0.3, -0.25) is 14.3 Å². The highest BCUT2D eigenvalue weighted by molar-refractivity contribution is 6.04. The average molecular weight is 476 g/mol. The number of fused-ring (bicyclic) bond motifs is 1. The van der Waals surface area contributed by atoms with Crippen LogP contribution in [0.4, 0.5) is 11.4 Å². The van der Waals surface area contributed by atoms with Crippen LogP contribution in [0.5, 0.6) is 0 Å². The van der Waals surface area contributed by atoms with Crippen molar-refractivity contribution < 1.29 is 9.21 Å². The van der Waals surface area contributed by atoms with Crippen molar-refractivity contribution in [1.29, 1.82) is 0 Å². The van der Waals surface area contributed by atoms with Gasteiger partial charge in [-0.2, -0.15) is 0 Å². The maximum absolute atomic E-state index is 13.3. The SMILES string of the molecule is CN(C)CCn1c(=O)n(-c2ccc(C(=O)Nc3cnccc3N3CCNCC3)o2)c2ccccc21. The van der Waals surface area contributed by atoms with Crippen molar-refractivity contribution in [2.75, 3.05) is 57.0 Å². The number of pyridine rings is 1. The Morgan fingerprint density at radius 2 is 1.89 bits per heavy atom. The average Bonchev–Trinajstić information content (AvgIpc) is 3.46. The monoisotopic (exact) mass is 475 g/mol. The molecule has 0 saturated carbocycles. The first-order valence-corrected chi connectivity index (χ1v) is 11.7. The van der Waals surface area contributed by atoms with Crippen LogP contribution in [-0.2, 0) is 6.54 Å². The lowest BCUT2D eigenvalue weighted by molar-refractivity contribution is 0.0996. The highest BCUT2D eigenvalue weighted by Gasteiger charge is 2.21. The Hall–Kier alpha value is -3.89. The minimum absolute atomic E-state index is 0.118. The molecule has 0 unspecified atom stereocenters. The predicted molar refractivity (Wildman–Crippen MR) is 136 cm³/mol. The number of hydrogen-bond acceptors (Lipinski definition) is 7. The highest BCUT2D eigenvalue weighted by Crippen LogP contribution is 2.26. The molecule has 1 fully saturated rings. The van der Waals surface area contributed by atoms with Crippen LogP contribution in [0.3, 0.4) is 0 Å². The number of para-hydroxylation sites is 2. The molecule has 0 spiro atoms. The van der Waals surface area contributed by atoms with Crippen molar-refractivity contribution in [2.45, 2.75) is 6.54 Å². The largest absolute Gasteiger partial charge is 0.435 e. The van der Waals surface area contributed by atoms with Crippen molar-refractivity contribution in [3.63, 3.8) is 0 Å². The fraction of sp³-hybridized carbons (Fsp3) is 0.320. The summed E-state index contributed by atoms with van der Waals surface area (Å²) in [5.41, 5.74) is 2.88. The van der Waals surface area contributed by atoms with Gasteiger partial charge in [0.25, 0.3) is 5.91 Å². The topological polar surface area (TPSA) is 101 Å². The van der Waals surface area contributed by atoms with E-state index in [-0.39, 0.29) is 11.4 Å². The zero-order chi connectivity index (χ0) is 24.4.